The second-order valence-corrected chi connectivity index (χ2v) is 11.1. The molecule has 1 amide bonds. The summed E-state index contributed by atoms with van der Waals surface area (Å²) >= 11 is 1.29. The third-order valence-electron chi connectivity index (χ3n) is 7.26. The van der Waals surface area contributed by atoms with E-state index in [9.17, 15) is 14.3 Å². The number of aromatic nitrogens is 4. The van der Waals surface area contributed by atoms with Crippen LogP contribution in [-0.4, -0.2) is 52.5 Å². The van der Waals surface area contributed by atoms with Crippen molar-refractivity contribution in [1.29, 1.82) is 5.26 Å². The summed E-state index contributed by atoms with van der Waals surface area (Å²) in [6, 6.07) is 12.2. The van der Waals surface area contributed by atoms with Crippen molar-refractivity contribution in [1.82, 2.24) is 25.7 Å². The van der Waals surface area contributed by atoms with E-state index < -0.39 is 29.2 Å². The average molecular weight is 683 g/mol. The molecule has 0 aliphatic heterocycles. The molecule has 3 atom stereocenters. The van der Waals surface area contributed by atoms with Gasteiger partial charge in [-0.25, -0.2) is 18.6 Å². The molecule has 2 heterocycles. The summed E-state index contributed by atoms with van der Waals surface area (Å²) in [5.74, 6) is -1.74. The highest BCUT2D eigenvalue weighted by Crippen LogP contribution is 2.40. The number of nitrogens with one attached hydrogen (secondary N) is 3. The van der Waals surface area contributed by atoms with E-state index in [4.69, 9.17) is 10.00 Å². The number of nitriles is 1. The number of benzene rings is 2. The fourth-order valence-electron chi connectivity index (χ4n) is 4.47. The van der Waals surface area contributed by atoms with Crippen molar-refractivity contribution in [2.24, 2.45) is 0 Å². The number of alkyl carbamates (subject to hydrolysis) is 1. The number of amides is 1. The minimum atomic E-state index is -1.93. The Morgan fingerprint density at radius 1 is 1.24 bits per heavy atom. The minimum Gasteiger partial charge on any atom is -1.00 e. The molecule has 4 rings (SSSR count). The van der Waals surface area contributed by atoms with E-state index in [0.29, 0.717) is 28.6 Å². The molecule has 0 saturated heterocycles. The van der Waals surface area contributed by atoms with E-state index >= 15 is 4.39 Å². The smallest absolute Gasteiger partial charge is 0.407 e. The number of carbonyl (C=O) groups is 1. The fourth-order valence-corrected chi connectivity index (χ4v) is 5.44. The lowest BCUT2D eigenvalue weighted by molar-refractivity contribution is -0.765. The number of carbonyl (C=O) groups excluding carboxylic acids is 1. The molecule has 2 aromatic carbocycles. The summed E-state index contributed by atoms with van der Waals surface area (Å²) in [4.78, 5) is 20.9. The monoisotopic (exact) mass is 681 g/mol. The second-order valence-electron chi connectivity index (χ2n) is 10.3. The van der Waals surface area contributed by atoms with Crippen LogP contribution in [0.3, 0.4) is 0 Å². The van der Waals surface area contributed by atoms with Crippen LogP contribution < -0.4 is 27.7 Å². The molecule has 4 aromatic rings. The van der Waals surface area contributed by atoms with E-state index in [2.05, 4.69) is 31.8 Å². The summed E-state index contributed by atoms with van der Waals surface area (Å²) in [5, 5.41) is 32.3. The average Bonchev–Trinajstić information content (AvgIpc) is 3.68. The van der Waals surface area contributed by atoms with Gasteiger partial charge in [0.25, 0.3) is 5.82 Å². The maximum absolute atomic E-state index is 15.1. The summed E-state index contributed by atoms with van der Waals surface area (Å²) in [7, 11) is 1.85. The number of ether oxygens (including phenoxy) is 1. The highest BCUT2D eigenvalue weighted by molar-refractivity contribution is 7.10. The zero-order valence-electron chi connectivity index (χ0n) is 24.9. The van der Waals surface area contributed by atoms with Crippen LogP contribution in [0.4, 0.5) is 13.6 Å². The molecule has 0 bridgehead atoms. The topological polar surface area (TPSA) is 140 Å². The number of rotatable bonds is 13. The molecular formula is C30H35Cl2F2N7O3S. The van der Waals surface area contributed by atoms with Gasteiger partial charge >= 0.3 is 12.4 Å². The molecule has 4 N–H and O–H groups in total. The van der Waals surface area contributed by atoms with Gasteiger partial charge in [0.15, 0.2) is 0 Å². The normalized spacial score (nSPS) is 13.4. The highest BCUT2D eigenvalue weighted by Gasteiger charge is 2.43. The minimum absolute atomic E-state index is 0. The van der Waals surface area contributed by atoms with Gasteiger partial charge in [0.05, 0.1) is 28.8 Å². The van der Waals surface area contributed by atoms with E-state index in [1.54, 1.807) is 31.2 Å². The first-order valence-corrected chi connectivity index (χ1v) is 14.7. The summed E-state index contributed by atoms with van der Waals surface area (Å²) in [5.41, 5.74) is -0.211. The van der Waals surface area contributed by atoms with Crippen molar-refractivity contribution >= 4 is 29.8 Å². The molecule has 15 heteroatoms. The highest BCUT2D eigenvalue weighted by atomic mass is 35.5. The maximum Gasteiger partial charge on any atom is 0.407 e. The van der Waals surface area contributed by atoms with Crippen LogP contribution in [0.2, 0.25) is 0 Å². The number of hydrogen-bond acceptors (Lipinski definition) is 8. The molecule has 10 nitrogen and oxygen atoms in total. The van der Waals surface area contributed by atoms with Gasteiger partial charge in [0, 0.05) is 35.0 Å². The third kappa shape index (κ3) is 9.66. The van der Waals surface area contributed by atoms with Crippen molar-refractivity contribution in [2.45, 2.75) is 50.8 Å². The van der Waals surface area contributed by atoms with Crippen LogP contribution >= 0.6 is 23.7 Å². The van der Waals surface area contributed by atoms with Crippen molar-refractivity contribution in [2.75, 3.05) is 20.2 Å². The number of nitrogens with zero attached hydrogens (tertiary/aromatic N) is 4. The molecule has 0 fully saturated rings. The van der Waals surface area contributed by atoms with E-state index in [1.807, 2.05) is 19.4 Å². The van der Waals surface area contributed by atoms with Crippen molar-refractivity contribution in [3.63, 3.8) is 0 Å². The molecular weight excluding hydrogens is 647 g/mol. The van der Waals surface area contributed by atoms with Crippen LogP contribution in [0.5, 0.6) is 0 Å². The largest absolute Gasteiger partial charge is 1.00 e. The van der Waals surface area contributed by atoms with Gasteiger partial charge < -0.3 is 32.9 Å². The first-order chi connectivity index (χ1) is 20.6. The number of aromatic amines is 1. The van der Waals surface area contributed by atoms with Gasteiger partial charge in [-0.15, -0.1) is 23.7 Å². The standard InChI is InChI=1S/C30H33F2N7O3S.2ClH/c1-19(34-3)10-12-35-29(40)42-13-11-27-36-18-39(38-27)17-30(41,24-14-23(31)8-9-25(24)32)20(2)28-37-26(16-43-28)22-6-4-21(15-33)5-7-22;;/h4-9,14,16,18-20,34,41H,10-13,17H2,1-3H3,(H,35,40);2*1H/t19?,20-,30+;;/m0../s1. The molecule has 2 aromatic heterocycles. The summed E-state index contributed by atoms with van der Waals surface area (Å²) < 4.78 is 36.1. The molecule has 1 unspecified atom stereocenters. The quantitative estimate of drug-likeness (QED) is 0.156. The Morgan fingerprint density at radius 3 is 2.67 bits per heavy atom. The Bertz CT molecular complexity index is 1580. The molecule has 0 radical (unpaired) electrons. The lowest BCUT2D eigenvalue weighted by Gasteiger charge is -2.32. The number of aliphatic hydroxyl groups is 1. The van der Waals surface area contributed by atoms with E-state index in [-0.39, 0.29) is 56.0 Å². The lowest BCUT2D eigenvalue weighted by Crippen LogP contribution is -3.00. The van der Waals surface area contributed by atoms with Crippen LogP contribution in [0.25, 0.3) is 11.3 Å². The number of halogens is 4. The van der Waals surface area contributed by atoms with Crippen LogP contribution in [0.1, 0.15) is 48.1 Å². The molecule has 0 aliphatic carbocycles. The number of thiazole rings is 1. The third-order valence-corrected chi connectivity index (χ3v) is 8.29. The van der Waals surface area contributed by atoms with Gasteiger partial charge in [0.2, 0.25) is 0 Å². The Morgan fingerprint density at radius 2 is 1.98 bits per heavy atom. The first-order valence-electron chi connectivity index (χ1n) is 13.8. The Balaban J connectivity index is 0.00000353. The van der Waals surface area contributed by atoms with Crippen molar-refractivity contribution in [3.05, 3.63) is 87.8 Å². The number of hydrogen-bond donors (Lipinski definition) is 4. The predicted molar refractivity (Wildman–Crippen MR) is 163 cm³/mol. The zero-order chi connectivity index (χ0) is 31.0. The van der Waals surface area contributed by atoms with Crippen molar-refractivity contribution < 1.29 is 40.5 Å². The molecule has 45 heavy (non-hydrogen) atoms. The van der Waals surface area contributed by atoms with Gasteiger partial charge in [-0.2, -0.15) is 15.0 Å². The second kappa shape index (κ2) is 17.1. The van der Waals surface area contributed by atoms with Crippen molar-refractivity contribution in [3.8, 4) is 17.3 Å². The molecule has 0 saturated carbocycles. The Hall–Kier alpha value is -3.67. The van der Waals surface area contributed by atoms with Crippen LogP contribution in [0.15, 0.2) is 54.2 Å². The summed E-state index contributed by atoms with van der Waals surface area (Å²) in [6.45, 7) is 4.06. The van der Waals surface area contributed by atoms with E-state index in [1.165, 1.54) is 22.3 Å². The van der Waals surface area contributed by atoms with Crippen LogP contribution in [0, 0.1) is 23.0 Å². The van der Waals surface area contributed by atoms with E-state index in [0.717, 1.165) is 30.2 Å². The Kier molecular flexibility index (Phi) is 14.3. The fraction of sp³-hybridized carbons (Fsp3) is 0.367. The molecule has 242 valence electrons. The predicted octanol–water partition coefficient (Wildman–Crippen LogP) is 1.35. The SMILES string of the molecule is CNC(C)CCNC(=O)OCCc1nc[n+](C[C@](O)(c2cc(F)ccc2F)[C@@H](C)c2nc(-c3ccc(C#N)cc3)cs2)[nH]1.Cl.[Cl-]. The maximum atomic E-state index is 15.1. The lowest BCUT2D eigenvalue weighted by atomic mass is 9.82. The zero-order valence-corrected chi connectivity index (χ0v) is 27.3. The van der Waals surface area contributed by atoms with Gasteiger partial charge in [-0.05, 0) is 55.7 Å². The first kappa shape index (κ1) is 37.5. The Labute approximate surface area is 276 Å². The van der Waals surface area contributed by atoms with Gasteiger partial charge in [-0.1, -0.05) is 19.1 Å². The van der Waals surface area contributed by atoms with Gasteiger partial charge in [0.1, 0.15) is 30.4 Å². The van der Waals surface area contributed by atoms with Gasteiger partial charge in [-0.3, -0.25) is 0 Å². The molecule has 0 spiro atoms. The number of H-pyrrole nitrogens is 1. The summed E-state index contributed by atoms with van der Waals surface area (Å²) in [6.07, 6.45) is 1.94. The molecule has 0 aliphatic rings. The van der Waals surface area contributed by atoms with Crippen LogP contribution in [-0.2, 0) is 23.3 Å².